The molecule has 17 rings (SSSR count). The molecule has 2 atom stereocenters. The molecule has 0 radical (unpaired) electrons. The molecule has 16 nitrogen and oxygen atoms in total. The zero-order valence-electron chi connectivity index (χ0n) is 59.1. The van der Waals surface area contributed by atoms with Gasteiger partial charge in [0.1, 0.15) is 51.1 Å². The maximum Gasteiger partial charge on any atom is 0.343 e. The molecule has 546 valence electrons. The third kappa shape index (κ3) is 13.2. The van der Waals surface area contributed by atoms with E-state index in [1.54, 1.807) is 112 Å². The summed E-state index contributed by atoms with van der Waals surface area (Å²) in [5.74, 6) is -0.764. The molecular formula is C94H63Cl2N3O13. The maximum absolute atomic E-state index is 14.3. The Morgan fingerprint density at radius 1 is 0.250 bits per heavy atom. The normalized spacial score (nSPS) is 15.5. The van der Waals surface area contributed by atoms with Crippen molar-refractivity contribution in [2.45, 2.75) is 16.6 Å². The number of phenolic OH excluding ortho intramolecular Hbond substituents is 4. The number of halogens is 2. The van der Waals surface area contributed by atoms with E-state index in [4.69, 9.17) is 32.7 Å². The van der Waals surface area contributed by atoms with Crippen LogP contribution in [-0.2, 0) is 16.6 Å². The molecule has 2 unspecified atom stereocenters. The molecule has 0 saturated carbocycles. The number of aromatic hydroxyl groups is 4. The molecular weight excluding hydrogens is 1450 g/mol. The molecule has 3 aliphatic rings. The fraction of sp³-hybridized carbons (Fsp3) is 0.0319. The van der Waals surface area contributed by atoms with Crippen LogP contribution in [0.1, 0.15) is 123 Å². The standard InChI is InChI=1S/C60H40N2O8.C26H19NO3.C8H4Cl2O2/c63-47-31-23-41(24-32-47)59(53-17-9-7-15-51(53)55(65)61(59)45-11-3-1-4-12-45)43-27-35-49(36-28-43)69-57(67)39-19-21-40(22-20-39)58(68)70-50-37-29-44(30-38-50)60(42-25-33-48(64)34-26-42)54-18-10-8-16-52(54)56(66)62(60)46-13-5-2-6-14-46;28-21-14-10-18(11-15-21)26(19-12-16-22(29)17-13-19)24-9-5-4-8-23(24)25(30)27(26)20-6-2-1-3-7-20;9-7(11)5-1-2-6(4-3-5)8(10)12/h1-38,63-64H;1-17,28-29H;1-4H. The van der Waals surface area contributed by atoms with E-state index in [2.05, 4.69) is 0 Å². The van der Waals surface area contributed by atoms with Crippen LogP contribution in [0.5, 0.6) is 34.5 Å². The summed E-state index contributed by atoms with van der Waals surface area (Å²) in [7, 11) is 0. The van der Waals surface area contributed by atoms with E-state index < -0.39 is 39.0 Å². The van der Waals surface area contributed by atoms with Gasteiger partial charge in [-0.15, -0.1) is 0 Å². The third-order valence-corrected chi connectivity index (χ3v) is 20.5. The van der Waals surface area contributed by atoms with Crippen molar-refractivity contribution in [3.63, 3.8) is 0 Å². The van der Waals surface area contributed by atoms with E-state index in [0.29, 0.717) is 39.2 Å². The smallest absolute Gasteiger partial charge is 0.343 e. The molecule has 112 heavy (non-hydrogen) atoms. The Kier molecular flexibility index (Phi) is 20.0. The fourth-order valence-corrected chi connectivity index (χ4v) is 15.4. The summed E-state index contributed by atoms with van der Waals surface area (Å²) in [6.07, 6.45) is 0. The molecule has 4 N–H and O–H groups in total. The van der Waals surface area contributed by atoms with Crippen molar-refractivity contribution in [1.82, 2.24) is 0 Å². The minimum atomic E-state index is -1.14. The van der Waals surface area contributed by atoms with Crippen LogP contribution in [0.2, 0.25) is 0 Å². The summed E-state index contributed by atoms with van der Waals surface area (Å²) in [6, 6.07) is 104. The van der Waals surface area contributed by atoms with Crippen molar-refractivity contribution in [1.29, 1.82) is 0 Å². The highest BCUT2D eigenvalue weighted by atomic mass is 35.5. The number of hydrogen-bond acceptors (Lipinski definition) is 13. The number of esters is 2. The summed E-state index contributed by atoms with van der Waals surface area (Å²) in [6.45, 7) is 0. The van der Waals surface area contributed by atoms with Gasteiger partial charge in [0.15, 0.2) is 0 Å². The highest BCUT2D eigenvalue weighted by molar-refractivity contribution is 6.68. The molecule has 0 aliphatic carbocycles. The Labute approximate surface area is 652 Å². The van der Waals surface area contributed by atoms with Gasteiger partial charge in [0.25, 0.3) is 28.2 Å². The van der Waals surface area contributed by atoms with Crippen LogP contribution in [0.25, 0.3) is 0 Å². The highest BCUT2D eigenvalue weighted by Gasteiger charge is 2.56. The lowest BCUT2D eigenvalue weighted by Crippen LogP contribution is -2.46. The predicted octanol–water partition coefficient (Wildman–Crippen LogP) is 18.9. The largest absolute Gasteiger partial charge is 0.508 e. The number of fused-ring (bicyclic) bond motifs is 3. The average Bonchev–Trinajstić information content (AvgIpc) is 1.55. The molecule has 0 fully saturated rings. The first kappa shape index (κ1) is 73.1. The molecule has 0 saturated heterocycles. The molecule has 0 spiro atoms. The van der Waals surface area contributed by atoms with E-state index in [0.717, 1.165) is 55.8 Å². The second kappa shape index (κ2) is 30.7. The number of benzene rings is 14. The molecule has 0 aromatic heterocycles. The number of hydrogen-bond donors (Lipinski definition) is 4. The van der Waals surface area contributed by atoms with Crippen LogP contribution in [0.15, 0.2) is 358 Å². The molecule has 3 heterocycles. The Morgan fingerprint density at radius 2 is 0.455 bits per heavy atom. The number of nitrogens with zero attached hydrogens (tertiary/aromatic N) is 3. The first-order chi connectivity index (χ1) is 54.4. The molecule has 14 aromatic carbocycles. The van der Waals surface area contributed by atoms with Crippen LogP contribution >= 0.6 is 23.2 Å². The summed E-state index contributed by atoms with van der Waals surface area (Å²) < 4.78 is 11.7. The van der Waals surface area contributed by atoms with Crippen LogP contribution in [-0.4, -0.2) is 60.6 Å². The highest BCUT2D eigenvalue weighted by Crippen LogP contribution is 2.55. The number of para-hydroxylation sites is 3. The number of amides is 3. The minimum Gasteiger partial charge on any atom is -0.508 e. The lowest BCUT2D eigenvalue weighted by atomic mass is 9.76. The number of carbonyl (C=O) groups is 7. The van der Waals surface area contributed by atoms with E-state index in [1.807, 2.05) is 212 Å². The maximum atomic E-state index is 14.3. The van der Waals surface area contributed by atoms with Crippen molar-refractivity contribution in [3.8, 4) is 34.5 Å². The number of phenols is 4. The Hall–Kier alpha value is -14.5. The monoisotopic (exact) mass is 1510 g/mol. The fourth-order valence-electron chi connectivity index (χ4n) is 15.2. The summed E-state index contributed by atoms with van der Waals surface area (Å²) in [5.41, 5.74) is 8.70. The quantitative estimate of drug-likeness (QED) is 0.0426. The van der Waals surface area contributed by atoms with Crippen LogP contribution < -0.4 is 24.2 Å². The lowest BCUT2D eigenvalue weighted by Gasteiger charge is -2.40. The number of carbonyl (C=O) groups excluding carboxylic acids is 7. The van der Waals surface area contributed by atoms with Gasteiger partial charge in [-0.25, -0.2) is 9.59 Å². The Bertz CT molecular complexity index is 5590. The number of ether oxygens (including phenoxy) is 2. The molecule has 14 aromatic rings. The summed E-state index contributed by atoms with van der Waals surface area (Å²) in [4.78, 5) is 95.9. The van der Waals surface area contributed by atoms with Gasteiger partial charge in [-0.1, -0.05) is 182 Å². The molecule has 18 heteroatoms. The van der Waals surface area contributed by atoms with Crippen molar-refractivity contribution in [2.75, 3.05) is 14.7 Å². The minimum absolute atomic E-state index is 0.0872. The predicted molar refractivity (Wildman–Crippen MR) is 427 cm³/mol. The van der Waals surface area contributed by atoms with E-state index in [9.17, 15) is 54.0 Å². The third-order valence-electron chi connectivity index (χ3n) is 20.1. The average molecular weight is 1510 g/mol. The lowest BCUT2D eigenvalue weighted by molar-refractivity contribution is 0.0720. The van der Waals surface area contributed by atoms with Crippen molar-refractivity contribution < 1.29 is 63.5 Å². The first-order valence-corrected chi connectivity index (χ1v) is 36.1. The Balaban J connectivity index is 0.000000192. The molecule has 0 bridgehead atoms. The van der Waals surface area contributed by atoms with Crippen molar-refractivity contribution in [2.24, 2.45) is 0 Å². The molecule has 3 amide bonds. The van der Waals surface area contributed by atoms with Gasteiger partial charge in [-0.3, -0.25) is 38.7 Å². The van der Waals surface area contributed by atoms with E-state index >= 15 is 0 Å². The van der Waals surface area contributed by atoms with Gasteiger partial charge in [-0.05, 0) is 249 Å². The van der Waals surface area contributed by atoms with Gasteiger partial charge in [-0.2, -0.15) is 0 Å². The SMILES string of the molecule is O=C(Cl)c1ccc(C(=O)Cl)cc1.O=C(Oc1ccc(C2(c3ccc(O)cc3)c3ccccc3C(=O)N2c2ccccc2)cc1)c1ccc(C(=O)Oc2ccc(C3(c4ccc(O)cc4)c4ccccc4C(=O)N3c3ccccc3)cc2)cc1.O=C1c2ccccc2C(c2ccc(O)cc2)(c2ccc(O)cc2)N1c1ccccc1. The zero-order chi connectivity index (χ0) is 77.8. The van der Waals surface area contributed by atoms with Crippen LogP contribution in [0.3, 0.4) is 0 Å². The van der Waals surface area contributed by atoms with Gasteiger partial charge < -0.3 is 29.9 Å². The first-order valence-electron chi connectivity index (χ1n) is 35.3. The Morgan fingerprint density at radius 3 is 0.688 bits per heavy atom. The van der Waals surface area contributed by atoms with E-state index in [-0.39, 0.29) is 63.3 Å². The second-order valence-corrected chi connectivity index (χ2v) is 27.1. The van der Waals surface area contributed by atoms with Gasteiger partial charge >= 0.3 is 11.9 Å². The van der Waals surface area contributed by atoms with E-state index in [1.165, 1.54) is 48.5 Å². The number of anilines is 3. The topological polar surface area (TPSA) is 229 Å². The van der Waals surface area contributed by atoms with Crippen molar-refractivity contribution >= 4 is 80.4 Å². The van der Waals surface area contributed by atoms with Crippen molar-refractivity contribution in [3.05, 3.63) is 447 Å². The van der Waals surface area contributed by atoms with Crippen LogP contribution in [0.4, 0.5) is 17.1 Å². The number of rotatable bonds is 15. The summed E-state index contributed by atoms with van der Waals surface area (Å²) in [5, 5.41) is 39.3. The molecule has 3 aliphatic heterocycles. The zero-order valence-corrected chi connectivity index (χ0v) is 60.6. The summed E-state index contributed by atoms with van der Waals surface area (Å²) >= 11 is 10.4. The van der Waals surface area contributed by atoms with Crippen LogP contribution in [0, 0.1) is 0 Å². The second-order valence-electron chi connectivity index (χ2n) is 26.4. The van der Waals surface area contributed by atoms with Gasteiger partial charge in [0.2, 0.25) is 0 Å². The van der Waals surface area contributed by atoms with Gasteiger partial charge in [0, 0.05) is 44.9 Å². The van der Waals surface area contributed by atoms with Gasteiger partial charge in [0.05, 0.1) is 11.1 Å².